The predicted octanol–water partition coefficient (Wildman–Crippen LogP) is 3.74. The van der Waals surface area contributed by atoms with Gasteiger partial charge in [0.2, 0.25) is 0 Å². The summed E-state index contributed by atoms with van der Waals surface area (Å²) in [4.78, 5) is 13.2. The fourth-order valence-electron chi connectivity index (χ4n) is 2.31. The van der Waals surface area contributed by atoms with Crippen LogP contribution in [0.3, 0.4) is 0 Å². The van der Waals surface area contributed by atoms with E-state index in [1.165, 1.54) is 12.1 Å². The predicted molar refractivity (Wildman–Crippen MR) is 74.7 cm³/mol. The van der Waals surface area contributed by atoms with Crippen molar-refractivity contribution in [1.29, 1.82) is 0 Å². The lowest BCUT2D eigenvalue weighted by atomic mass is 9.88. The lowest BCUT2D eigenvalue weighted by Crippen LogP contribution is -2.38. The Hall–Kier alpha value is -0.830. The van der Waals surface area contributed by atoms with Crippen LogP contribution in [0.25, 0.3) is 0 Å². The Kier molecular flexibility index (Phi) is 3.87. The Balaban J connectivity index is 2.18. The summed E-state index contributed by atoms with van der Waals surface area (Å²) in [6.45, 7) is 6.85. The molecular formula is C14H18BrNO. The summed E-state index contributed by atoms with van der Waals surface area (Å²) in [5, 5.41) is 0. The van der Waals surface area contributed by atoms with Crippen LogP contribution >= 0.6 is 15.9 Å². The maximum absolute atomic E-state index is 10.8. The minimum absolute atomic E-state index is 0.715. The van der Waals surface area contributed by atoms with Gasteiger partial charge in [0.1, 0.15) is 0 Å². The summed E-state index contributed by atoms with van der Waals surface area (Å²) in [7, 11) is 0. The number of nitrogens with zero attached hydrogens (tertiary/aromatic N) is 1. The smallest absolute Gasteiger partial charge is 0.151 e. The van der Waals surface area contributed by atoms with E-state index in [4.69, 9.17) is 0 Å². The number of carbonyl (C=O) groups is 1. The Morgan fingerprint density at radius 2 is 2.12 bits per heavy atom. The summed E-state index contributed by atoms with van der Waals surface area (Å²) >= 11 is 3.44. The third-order valence-electron chi connectivity index (χ3n) is 3.81. The van der Waals surface area contributed by atoms with Crippen molar-refractivity contribution in [3.63, 3.8) is 0 Å². The zero-order chi connectivity index (χ0) is 12.4. The quantitative estimate of drug-likeness (QED) is 0.775. The van der Waals surface area contributed by atoms with Gasteiger partial charge in [-0.1, -0.05) is 13.8 Å². The molecule has 1 heterocycles. The van der Waals surface area contributed by atoms with Crippen LogP contribution in [-0.4, -0.2) is 19.4 Å². The molecule has 0 spiro atoms. The Morgan fingerprint density at radius 1 is 1.35 bits per heavy atom. The van der Waals surface area contributed by atoms with Crippen molar-refractivity contribution in [2.24, 2.45) is 11.8 Å². The van der Waals surface area contributed by atoms with Gasteiger partial charge in [-0.15, -0.1) is 0 Å². The highest BCUT2D eigenvalue weighted by atomic mass is 79.9. The lowest BCUT2D eigenvalue weighted by Gasteiger charge is -2.37. The van der Waals surface area contributed by atoms with Gasteiger partial charge in [0.25, 0.3) is 0 Å². The standard InChI is InChI=1S/C14H18BrNO/c1-10-5-6-16(8-11(10)2)13-4-3-12(9-17)14(15)7-13/h3-4,7,9-11H,5-6,8H2,1-2H3. The first-order chi connectivity index (χ1) is 8.11. The summed E-state index contributed by atoms with van der Waals surface area (Å²) in [6, 6.07) is 5.97. The SMILES string of the molecule is CC1CCN(c2ccc(C=O)c(Br)c2)CC1C. The summed E-state index contributed by atoms with van der Waals surface area (Å²) in [6.07, 6.45) is 2.13. The number of hydrogen-bond acceptors (Lipinski definition) is 2. The summed E-state index contributed by atoms with van der Waals surface area (Å²) < 4.78 is 0.885. The highest BCUT2D eigenvalue weighted by Crippen LogP contribution is 2.29. The number of rotatable bonds is 2. The zero-order valence-corrected chi connectivity index (χ0v) is 11.9. The number of carbonyl (C=O) groups excluding carboxylic acids is 1. The highest BCUT2D eigenvalue weighted by molar-refractivity contribution is 9.10. The van der Waals surface area contributed by atoms with Crippen molar-refractivity contribution >= 4 is 27.9 Å². The van der Waals surface area contributed by atoms with E-state index in [0.29, 0.717) is 5.56 Å². The van der Waals surface area contributed by atoms with Gasteiger partial charge >= 0.3 is 0 Å². The lowest BCUT2D eigenvalue weighted by molar-refractivity contribution is 0.112. The summed E-state index contributed by atoms with van der Waals surface area (Å²) in [5.74, 6) is 1.54. The largest absolute Gasteiger partial charge is 0.371 e. The molecule has 0 bridgehead atoms. The van der Waals surface area contributed by atoms with Gasteiger partial charge in [-0.25, -0.2) is 0 Å². The average Bonchev–Trinajstić information content (AvgIpc) is 2.32. The Labute approximate surface area is 111 Å². The van der Waals surface area contributed by atoms with Crippen LogP contribution in [0.5, 0.6) is 0 Å². The Morgan fingerprint density at radius 3 is 2.71 bits per heavy atom. The molecule has 3 heteroatoms. The van der Waals surface area contributed by atoms with Gasteiger partial charge < -0.3 is 4.90 Å². The molecule has 0 aromatic heterocycles. The summed E-state index contributed by atoms with van der Waals surface area (Å²) in [5.41, 5.74) is 1.92. The van der Waals surface area contributed by atoms with Crippen molar-refractivity contribution in [2.45, 2.75) is 20.3 Å². The molecule has 1 fully saturated rings. The van der Waals surface area contributed by atoms with Crippen LogP contribution < -0.4 is 4.90 Å². The van der Waals surface area contributed by atoms with Gasteiger partial charge in [0.05, 0.1) is 0 Å². The maximum Gasteiger partial charge on any atom is 0.151 e. The minimum Gasteiger partial charge on any atom is -0.371 e. The molecule has 2 nitrogen and oxygen atoms in total. The van der Waals surface area contributed by atoms with Crippen molar-refractivity contribution in [3.05, 3.63) is 28.2 Å². The van der Waals surface area contributed by atoms with E-state index in [2.05, 4.69) is 34.7 Å². The number of anilines is 1. The van der Waals surface area contributed by atoms with Gasteiger partial charge in [-0.05, 0) is 52.4 Å². The van der Waals surface area contributed by atoms with Crippen LogP contribution in [0.1, 0.15) is 30.6 Å². The molecule has 0 amide bonds. The molecule has 1 aliphatic rings. The van der Waals surface area contributed by atoms with E-state index in [-0.39, 0.29) is 0 Å². The zero-order valence-electron chi connectivity index (χ0n) is 10.3. The normalized spacial score (nSPS) is 24.8. The van der Waals surface area contributed by atoms with Crippen molar-refractivity contribution in [1.82, 2.24) is 0 Å². The van der Waals surface area contributed by atoms with E-state index in [1.807, 2.05) is 18.2 Å². The second-order valence-electron chi connectivity index (χ2n) is 5.01. The highest BCUT2D eigenvalue weighted by Gasteiger charge is 2.22. The molecule has 0 radical (unpaired) electrons. The molecule has 0 saturated carbocycles. The van der Waals surface area contributed by atoms with E-state index in [0.717, 1.165) is 35.7 Å². The molecule has 1 aromatic rings. The molecule has 0 aliphatic carbocycles. The molecule has 2 atom stereocenters. The first-order valence-electron chi connectivity index (χ1n) is 6.11. The van der Waals surface area contributed by atoms with Crippen LogP contribution in [0, 0.1) is 11.8 Å². The van der Waals surface area contributed by atoms with E-state index in [1.54, 1.807) is 0 Å². The molecule has 1 aliphatic heterocycles. The third kappa shape index (κ3) is 2.71. The fraction of sp³-hybridized carbons (Fsp3) is 0.500. The molecule has 1 saturated heterocycles. The van der Waals surface area contributed by atoms with Gasteiger partial charge in [-0.2, -0.15) is 0 Å². The van der Waals surface area contributed by atoms with Crippen LogP contribution in [0.15, 0.2) is 22.7 Å². The van der Waals surface area contributed by atoms with Crippen LogP contribution in [0.4, 0.5) is 5.69 Å². The van der Waals surface area contributed by atoms with Crippen molar-refractivity contribution < 1.29 is 4.79 Å². The minimum atomic E-state index is 0.715. The van der Waals surface area contributed by atoms with Crippen molar-refractivity contribution in [3.8, 4) is 0 Å². The molecular weight excluding hydrogens is 278 g/mol. The molecule has 92 valence electrons. The van der Waals surface area contributed by atoms with Crippen LogP contribution in [0.2, 0.25) is 0 Å². The van der Waals surface area contributed by atoms with Crippen LogP contribution in [-0.2, 0) is 0 Å². The monoisotopic (exact) mass is 295 g/mol. The topological polar surface area (TPSA) is 20.3 Å². The second-order valence-corrected chi connectivity index (χ2v) is 5.87. The number of piperidine rings is 1. The number of benzene rings is 1. The van der Waals surface area contributed by atoms with Gasteiger partial charge in [-0.3, -0.25) is 4.79 Å². The van der Waals surface area contributed by atoms with Gasteiger partial charge in [0, 0.05) is 28.8 Å². The molecule has 2 unspecified atom stereocenters. The van der Waals surface area contributed by atoms with E-state index >= 15 is 0 Å². The molecule has 1 aromatic carbocycles. The fourth-order valence-corrected chi connectivity index (χ4v) is 2.77. The van der Waals surface area contributed by atoms with Crippen molar-refractivity contribution in [2.75, 3.05) is 18.0 Å². The molecule has 2 rings (SSSR count). The maximum atomic E-state index is 10.8. The number of halogens is 1. The average molecular weight is 296 g/mol. The van der Waals surface area contributed by atoms with E-state index < -0.39 is 0 Å². The third-order valence-corrected chi connectivity index (χ3v) is 4.50. The molecule has 17 heavy (non-hydrogen) atoms. The Bertz CT molecular complexity index is 419. The second kappa shape index (κ2) is 5.21. The first kappa shape index (κ1) is 12.6. The van der Waals surface area contributed by atoms with Gasteiger partial charge in [0.15, 0.2) is 6.29 Å². The van der Waals surface area contributed by atoms with E-state index in [9.17, 15) is 4.79 Å². The number of aldehydes is 1. The number of hydrogen-bond donors (Lipinski definition) is 0. The molecule has 0 N–H and O–H groups in total. The first-order valence-corrected chi connectivity index (χ1v) is 6.90.